The van der Waals surface area contributed by atoms with Crippen molar-refractivity contribution in [3.8, 4) is 6.07 Å². The Morgan fingerprint density at radius 2 is 1.57 bits per heavy atom. The number of nitriles is 1. The molecule has 4 heteroatoms. The van der Waals surface area contributed by atoms with E-state index < -0.39 is 5.91 Å². The molecule has 0 radical (unpaired) electrons. The number of benzene rings is 2. The molecule has 0 saturated heterocycles. The first-order chi connectivity index (χ1) is 10.2. The summed E-state index contributed by atoms with van der Waals surface area (Å²) in [6, 6.07) is 15.9. The van der Waals surface area contributed by atoms with Gasteiger partial charge in [-0.05, 0) is 35.4 Å². The first-order valence-electron chi connectivity index (χ1n) is 6.36. The molecule has 100 valence electrons. The van der Waals surface area contributed by atoms with Crippen molar-refractivity contribution in [3.05, 3.63) is 70.8 Å². The Hall–Kier alpha value is -3.19. The summed E-state index contributed by atoms with van der Waals surface area (Å²) in [6.07, 6.45) is 1.71. The number of fused-ring (bicyclic) bond motifs is 1. The van der Waals surface area contributed by atoms with Crippen molar-refractivity contribution in [3.63, 3.8) is 0 Å². The number of carbonyl (C=O) groups is 2. The van der Waals surface area contributed by atoms with Gasteiger partial charge in [0, 0.05) is 11.1 Å². The minimum absolute atomic E-state index is 0.382. The number of imide groups is 1. The molecule has 2 amide bonds. The molecule has 2 aromatic rings. The van der Waals surface area contributed by atoms with Gasteiger partial charge in [0.1, 0.15) is 0 Å². The van der Waals surface area contributed by atoms with E-state index in [9.17, 15) is 9.59 Å². The van der Waals surface area contributed by atoms with Gasteiger partial charge in [0.2, 0.25) is 0 Å². The zero-order valence-electron chi connectivity index (χ0n) is 11.0. The minimum atomic E-state index is -0.414. The van der Waals surface area contributed by atoms with E-state index in [1.54, 1.807) is 54.6 Å². The lowest BCUT2D eigenvalue weighted by molar-refractivity contribution is -0.114. The summed E-state index contributed by atoms with van der Waals surface area (Å²) in [6.45, 7) is 0. The Kier molecular flexibility index (Phi) is 3.09. The molecule has 0 atom stereocenters. The molecule has 1 heterocycles. The molecule has 0 aliphatic carbocycles. The molecule has 0 aromatic heterocycles. The van der Waals surface area contributed by atoms with Crippen molar-refractivity contribution in [2.45, 2.75) is 0 Å². The minimum Gasteiger partial charge on any atom is -0.288 e. The summed E-state index contributed by atoms with van der Waals surface area (Å²) in [7, 11) is 0. The maximum absolute atomic E-state index is 12.0. The van der Waals surface area contributed by atoms with E-state index >= 15 is 0 Å². The fourth-order valence-electron chi connectivity index (χ4n) is 2.24. The maximum atomic E-state index is 12.0. The Balaban J connectivity index is 2.10. The standard InChI is InChI=1S/C17H10N2O2/c18-10-12-7-5-11(6-8-12)9-15-13-3-1-2-4-14(13)16(20)19-17(15)21/h1-9H,(H,19,20,21)/b15-9+. The van der Waals surface area contributed by atoms with Gasteiger partial charge in [-0.3, -0.25) is 14.9 Å². The molecule has 21 heavy (non-hydrogen) atoms. The van der Waals surface area contributed by atoms with Gasteiger partial charge >= 0.3 is 0 Å². The normalized spacial score (nSPS) is 15.3. The SMILES string of the molecule is N#Cc1ccc(/C=C2/C(=O)NC(=O)c3ccccc32)cc1. The van der Waals surface area contributed by atoms with Crippen molar-refractivity contribution < 1.29 is 9.59 Å². The smallest absolute Gasteiger partial charge is 0.258 e. The molecule has 0 bridgehead atoms. The molecule has 4 nitrogen and oxygen atoms in total. The summed E-state index contributed by atoms with van der Waals surface area (Å²) in [5.74, 6) is -0.796. The fourth-order valence-corrected chi connectivity index (χ4v) is 2.24. The average Bonchev–Trinajstić information content (AvgIpc) is 2.52. The van der Waals surface area contributed by atoms with Crippen molar-refractivity contribution >= 4 is 23.5 Å². The van der Waals surface area contributed by atoms with Gasteiger partial charge in [0.25, 0.3) is 11.8 Å². The zero-order chi connectivity index (χ0) is 14.8. The van der Waals surface area contributed by atoms with Crippen LogP contribution in [0.5, 0.6) is 0 Å². The summed E-state index contributed by atoms with van der Waals surface area (Å²) >= 11 is 0. The Morgan fingerprint density at radius 3 is 2.24 bits per heavy atom. The van der Waals surface area contributed by atoms with Crippen molar-refractivity contribution in [1.82, 2.24) is 5.32 Å². The van der Waals surface area contributed by atoms with Crippen LogP contribution in [0.1, 0.15) is 27.0 Å². The van der Waals surface area contributed by atoms with Crippen molar-refractivity contribution in [2.24, 2.45) is 0 Å². The fraction of sp³-hybridized carbons (Fsp3) is 0. The van der Waals surface area contributed by atoms with Crippen molar-refractivity contribution in [2.75, 3.05) is 0 Å². The molecular formula is C17H10N2O2. The van der Waals surface area contributed by atoms with Gasteiger partial charge in [0.05, 0.1) is 11.6 Å². The average molecular weight is 274 g/mol. The van der Waals surface area contributed by atoms with Crippen LogP contribution in [-0.2, 0) is 4.79 Å². The van der Waals surface area contributed by atoms with Gasteiger partial charge in [0.15, 0.2) is 0 Å². The highest BCUT2D eigenvalue weighted by Gasteiger charge is 2.26. The predicted octanol–water partition coefficient (Wildman–Crippen LogP) is 2.37. The van der Waals surface area contributed by atoms with E-state index in [2.05, 4.69) is 5.32 Å². The molecule has 1 aliphatic rings. The van der Waals surface area contributed by atoms with Gasteiger partial charge in [-0.25, -0.2) is 0 Å². The molecule has 0 saturated carbocycles. The van der Waals surface area contributed by atoms with E-state index in [1.807, 2.05) is 6.07 Å². The number of amides is 2. The Labute approximate surface area is 121 Å². The molecule has 2 aromatic carbocycles. The first-order valence-corrected chi connectivity index (χ1v) is 6.36. The second-order valence-corrected chi connectivity index (χ2v) is 4.62. The van der Waals surface area contributed by atoms with Crippen LogP contribution >= 0.6 is 0 Å². The lowest BCUT2D eigenvalue weighted by Gasteiger charge is -2.17. The number of hydrogen-bond acceptors (Lipinski definition) is 3. The molecule has 1 N–H and O–H groups in total. The topological polar surface area (TPSA) is 70.0 Å². The quantitative estimate of drug-likeness (QED) is 0.641. The zero-order valence-corrected chi connectivity index (χ0v) is 11.0. The number of hydrogen-bond donors (Lipinski definition) is 1. The molecule has 0 spiro atoms. The maximum Gasteiger partial charge on any atom is 0.258 e. The van der Waals surface area contributed by atoms with Crippen LogP contribution < -0.4 is 5.32 Å². The number of rotatable bonds is 1. The highest BCUT2D eigenvalue weighted by molar-refractivity contribution is 6.33. The summed E-state index contributed by atoms with van der Waals surface area (Å²) in [5.41, 5.74) is 2.90. The van der Waals surface area contributed by atoms with Gasteiger partial charge in [-0.15, -0.1) is 0 Å². The molecule has 0 unspecified atom stereocenters. The highest BCUT2D eigenvalue weighted by atomic mass is 16.2. The monoisotopic (exact) mass is 274 g/mol. The van der Waals surface area contributed by atoms with Crippen LogP contribution in [0, 0.1) is 11.3 Å². The lowest BCUT2D eigenvalue weighted by atomic mass is 9.93. The third-order valence-corrected chi connectivity index (χ3v) is 3.28. The van der Waals surface area contributed by atoms with Gasteiger partial charge in [-0.2, -0.15) is 5.26 Å². The second-order valence-electron chi connectivity index (χ2n) is 4.62. The third kappa shape index (κ3) is 2.33. The molecule has 3 rings (SSSR count). The van der Waals surface area contributed by atoms with Crippen LogP contribution in [0.2, 0.25) is 0 Å². The van der Waals surface area contributed by atoms with Gasteiger partial charge < -0.3 is 0 Å². The number of carbonyl (C=O) groups excluding carboxylic acids is 2. The van der Waals surface area contributed by atoms with E-state index in [1.165, 1.54) is 0 Å². The number of nitrogens with zero attached hydrogens (tertiary/aromatic N) is 1. The predicted molar refractivity (Wildman–Crippen MR) is 77.9 cm³/mol. The van der Waals surface area contributed by atoms with Crippen LogP contribution in [0.3, 0.4) is 0 Å². The van der Waals surface area contributed by atoms with E-state index in [4.69, 9.17) is 5.26 Å². The third-order valence-electron chi connectivity index (χ3n) is 3.28. The Bertz CT molecular complexity index is 811. The summed E-state index contributed by atoms with van der Waals surface area (Å²) < 4.78 is 0. The summed E-state index contributed by atoms with van der Waals surface area (Å²) in [4.78, 5) is 23.8. The van der Waals surface area contributed by atoms with Crippen LogP contribution in [0.25, 0.3) is 11.6 Å². The number of nitrogens with one attached hydrogen (secondary N) is 1. The van der Waals surface area contributed by atoms with E-state index in [-0.39, 0.29) is 5.91 Å². The van der Waals surface area contributed by atoms with Crippen LogP contribution in [0.4, 0.5) is 0 Å². The molecule has 1 aliphatic heterocycles. The van der Waals surface area contributed by atoms with Crippen LogP contribution in [0.15, 0.2) is 48.5 Å². The van der Waals surface area contributed by atoms with Crippen molar-refractivity contribution in [1.29, 1.82) is 5.26 Å². The van der Waals surface area contributed by atoms with Gasteiger partial charge in [-0.1, -0.05) is 30.3 Å². The first kappa shape index (κ1) is 12.8. The second kappa shape index (κ2) is 5.06. The van der Waals surface area contributed by atoms with E-state index in [0.717, 1.165) is 5.56 Å². The largest absolute Gasteiger partial charge is 0.288 e. The molecular weight excluding hydrogens is 264 g/mol. The highest BCUT2D eigenvalue weighted by Crippen LogP contribution is 2.25. The Morgan fingerprint density at radius 1 is 0.905 bits per heavy atom. The van der Waals surface area contributed by atoms with E-state index in [0.29, 0.717) is 22.3 Å². The summed E-state index contributed by atoms with van der Waals surface area (Å²) in [5, 5.41) is 11.1. The lowest BCUT2D eigenvalue weighted by Crippen LogP contribution is -2.36. The van der Waals surface area contributed by atoms with Crippen LogP contribution in [-0.4, -0.2) is 11.8 Å². The molecule has 0 fully saturated rings.